The summed E-state index contributed by atoms with van der Waals surface area (Å²) in [6.07, 6.45) is 0.687. The number of hydrogen-bond donors (Lipinski definition) is 1. The molecule has 2 rings (SSSR count). The van der Waals surface area contributed by atoms with Gasteiger partial charge in [0.2, 0.25) is 0 Å². The molecule has 4 nitrogen and oxygen atoms in total. The third-order valence-corrected chi connectivity index (χ3v) is 3.91. The van der Waals surface area contributed by atoms with Crippen molar-refractivity contribution in [2.75, 3.05) is 6.61 Å². The van der Waals surface area contributed by atoms with Crippen LogP contribution in [-0.2, 0) is 4.79 Å². The van der Waals surface area contributed by atoms with Crippen LogP contribution in [-0.4, -0.2) is 18.8 Å². The summed E-state index contributed by atoms with van der Waals surface area (Å²) in [7, 11) is 0. The van der Waals surface area contributed by atoms with Gasteiger partial charge in [0.15, 0.2) is 12.9 Å². The molecule has 0 aromatic heterocycles. The molecule has 0 bridgehead atoms. The zero-order valence-electron chi connectivity index (χ0n) is 12.4. The molecule has 0 unspecified atom stereocenters. The second kappa shape index (κ2) is 8.13. The number of nitrogens with one attached hydrogen (secondary N) is 1. The monoisotopic (exact) mass is 395 g/mol. The van der Waals surface area contributed by atoms with Crippen LogP contribution in [0.5, 0.6) is 5.75 Å². The molecule has 0 aliphatic heterocycles. The average Bonchev–Trinajstić information content (AvgIpc) is 2.53. The number of hydrogen-bond acceptors (Lipinski definition) is 3. The number of rotatable bonds is 6. The van der Waals surface area contributed by atoms with Crippen LogP contribution in [0.25, 0.3) is 0 Å². The first-order chi connectivity index (χ1) is 11.0. The second-order valence-corrected chi connectivity index (χ2v) is 6.28. The van der Waals surface area contributed by atoms with Crippen molar-refractivity contribution in [3.8, 4) is 5.75 Å². The van der Waals surface area contributed by atoms with Gasteiger partial charge >= 0.3 is 0 Å². The van der Waals surface area contributed by atoms with Gasteiger partial charge in [-0.3, -0.25) is 9.59 Å². The minimum absolute atomic E-state index is 0.173. The highest BCUT2D eigenvalue weighted by Crippen LogP contribution is 2.22. The molecule has 0 aliphatic carbocycles. The van der Waals surface area contributed by atoms with Gasteiger partial charge in [0.05, 0.1) is 11.6 Å². The standard InChI is InChI=1S/C17H15BrClNO3/c1-11(12-3-2-4-15(19)8-12)20-17(22)10-23-16-6-5-14(18)7-13(16)9-21/h2-9,11H,10H2,1H3,(H,20,22)/t11-/m0/s1. The smallest absolute Gasteiger partial charge is 0.258 e. The fourth-order valence-electron chi connectivity index (χ4n) is 2.03. The summed E-state index contributed by atoms with van der Waals surface area (Å²) in [6.45, 7) is 1.69. The minimum atomic E-state index is -0.280. The van der Waals surface area contributed by atoms with Gasteiger partial charge in [-0.25, -0.2) is 0 Å². The Morgan fingerprint density at radius 2 is 2.13 bits per heavy atom. The zero-order valence-corrected chi connectivity index (χ0v) is 14.7. The van der Waals surface area contributed by atoms with Crippen LogP contribution in [0.15, 0.2) is 46.9 Å². The molecule has 120 valence electrons. The summed E-state index contributed by atoms with van der Waals surface area (Å²) >= 11 is 9.22. The summed E-state index contributed by atoms with van der Waals surface area (Å²) in [4.78, 5) is 23.0. The van der Waals surface area contributed by atoms with E-state index in [4.69, 9.17) is 16.3 Å². The molecule has 23 heavy (non-hydrogen) atoms. The first-order valence-corrected chi connectivity index (χ1v) is 8.09. The molecule has 0 aliphatic rings. The largest absolute Gasteiger partial charge is 0.483 e. The normalized spacial score (nSPS) is 11.6. The summed E-state index contributed by atoms with van der Waals surface area (Å²) in [5.41, 5.74) is 1.29. The van der Waals surface area contributed by atoms with Crippen molar-refractivity contribution in [3.63, 3.8) is 0 Å². The first kappa shape index (κ1) is 17.5. The molecule has 0 saturated heterocycles. The van der Waals surface area contributed by atoms with E-state index in [0.29, 0.717) is 22.6 Å². The second-order valence-electron chi connectivity index (χ2n) is 4.93. The van der Waals surface area contributed by atoms with E-state index in [1.165, 1.54) is 0 Å². The van der Waals surface area contributed by atoms with E-state index in [-0.39, 0.29) is 18.6 Å². The first-order valence-electron chi connectivity index (χ1n) is 6.92. The highest BCUT2D eigenvalue weighted by Gasteiger charge is 2.12. The lowest BCUT2D eigenvalue weighted by Crippen LogP contribution is -2.31. The van der Waals surface area contributed by atoms with Gasteiger partial charge in [0.25, 0.3) is 5.91 Å². The Labute approximate surface area is 147 Å². The SMILES string of the molecule is C[C@H](NC(=O)COc1ccc(Br)cc1C=O)c1cccc(Cl)c1. The lowest BCUT2D eigenvalue weighted by Gasteiger charge is -2.15. The van der Waals surface area contributed by atoms with Crippen LogP contribution in [0.2, 0.25) is 5.02 Å². The highest BCUT2D eigenvalue weighted by atomic mass is 79.9. The quantitative estimate of drug-likeness (QED) is 0.746. The maximum absolute atomic E-state index is 12.0. The number of benzene rings is 2. The third kappa shape index (κ3) is 5.08. The Hall–Kier alpha value is -1.85. The van der Waals surface area contributed by atoms with Gasteiger partial charge in [0.1, 0.15) is 5.75 Å². The highest BCUT2D eigenvalue weighted by molar-refractivity contribution is 9.10. The van der Waals surface area contributed by atoms with E-state index < -0.39 is 0 Å². The molecule has 2 aromatic rings. The Kier molecular flexibility index (Phi) is 6.19. The average molecular weight is 397 g/mol. The number of ether oxygens (including phenoxy) is 1. The van der Waals surface area contributed by atoms with Crippen LogP contribution in [0.1, 0.15) is 28.9 Å². The van der Waals surface area contributed by atoms with E-state index in [1.54, 1.807) is 30.3 Å². The van der Waals surface area contributed by atoms with Gasteiger partial charge in [-0.15, -0.1) is 0 Å². The molecule has 0 fully saturated rings. The van der Waals surface area contributed by atoms with Crippen molar-refractivity contribution in [2.24, 2.45) is 0 Å². The van der Waals surface area contributed by atoms with Crippen molar-refractivity contribution in [3.05, 3.63) is 63.1 Å². The lowest BCUT2D eigenvalue weighted by molar-refractivity contribution is -0.123. The summed E-state index contributed by atoms with van der Waals surface area (Å²) in [5.74, 6) is 0.0889. The predicted molar refractivity (Wildman–Crippen MR) is 93.0 cm³/mol. The van der Waals surface area contributed by atoms with Gasteiger partial charge in [-0.2, -0.15) is 0 Å². The van der Waals surface area contributed by atoms with Crippen molar-refractivity contribution in [2.45, 2.75) is 13.0 Å². The Bertz CT molecular complexity index is 721. The van der Waals surface area contributed by atoms with Gasteiger partial charge in [-0.05, 0) is 42.8 Å². The molecular formula is C17H15BrClNO3. The number of halogens is 2. The van der Waals surface area contributed by atoms with Crippen LogP contribution in [0.3, 0.4) is 0 Å². The molecule has 0 saturated carbocycles. The lowest BCUT2D eigenvalue weighted by atomic mass is 10.1. The van der Waals surface area contributed by atoms with Crippen LogP contribution < -0.4 is 10.1 Å². The van der Waals surface area contributed by atoms with Crippen LogP contribution >= 0.6 is 27.5 Å². The number of aldehydes is 1. The molecule has 6 heteroatoms. The fourth-order valence-corrected chi connectivity index (χ4v) is 2.61. The molecule has 1 N–H and O–H groups in total. The molecule has 1 atom stereocenters. The topological polar surface area (TPSA) is 55.4 Å². The molecule has 1 amide bonds. The molecular weight excluding hydrogens is 382 g/mol. The number of carbonyl (C=O) groups excluding carboxylic acids is 2. The summed E-state index contributed by atoms with van der Waals surface area (Å²) in [5, 5.41) is 3.44. The van der Waals surface area contributed by atoms with Crippen molar-refractivity contribution in [1.82, 2.24) is 5.32 Å². The maximum Gasteiger partial charge on any atom is 0.258 e. The van der Waals surface area contributed by atoms with E-state index in [0.717, 1.165) is 10.0 Å². The Morgan fingerprint density at radius 3 is 2.83 bits per heavy atom. The van der Waals surface area contributed by atoms with Crippen molar-refractivity contribution >= 4 is 39.7 Å². The van der Waals surface area contributed by atoms with Crippen molar-refractivity contribution in [1.29, 1.82) is 0 Å². The minimum Gasteiger partial charge on any atom is -0.483 e. The van der Waals surface area contributed by atoms with E-state index in [9.17, 15) is 9.59 Å². The van der Waals surface area contributed by atoms with Crippen LogP contribution in [0, 0.1) is 0 Å². The number of amides is 1. The molecule has 0 radical (unpaired) electrons. The number of carbonyl (C=O) groups is 2. The summed E-state index contributed by atoms with van der Waals surface area (Å²) < 4.78 is 6.18. The fraction of sp³-hybridized carbons (Fsp3) is 0.176. The van der Waals surface area contributed by atoms with Crippen LogP contribution in [0.4, 0.5) is 0 Å². The van der Waals surface area contributed by atoms with E-state index in [1.807, 2.05) is 19.1 Å². The maximum atomic E-state index is 12.0. The van der Waals surface area contributed by atoms with E-state index >= 15 is 0 Å². The molecule has 0 heterocycles. The molecule has 2 aromatic carbocycles. The Balaban J connectivity index is 1.94. The van der Waals surface area contributed by atoms with Gasteiger partial charge in [-0.1, -0.05) is 39.7 Å². The van der Waals surface area contributed by atoms with E-state index in [2.05, 4.69) is 21.2 Å². The predicted octanol–water partition coefficient (Wildman–Crippen LogP) is 4.17. The zero-order chi connectivity index (χ0) is 16.8. The Morgan fingerprint density at radius 1 is 1.35 bits per heavy atom. The summed E-state index contributed by atoms with van der Waals surface area (Å²) in [6, 6.07) is 12.1. The molecule has 0 spiro atoms. The van der Waals surface area contributed by atoms with Crippen molar-refractivity contribution < 1.29 is 14.3 Å². The third-order valence-electron chi connectivity index (χ3n) is 3.18. The van der Waals surface area contributed by atoms with Gasteiger partial charge < -0.3 is 10.1 Å². The van der Waals surface area contributed by atoms with Gasteiger partial charge in [0, 0.05) is 9.50 Å².